The maximum absolute atomic E-state index is 4.23. The second-order valence-corrected chi connectivity index (χ2v) is 5.76. The minimum Gasteiger partial charge on any atom is -0.103 e. The topological polar surface area (TPSA) is 0 Å². The van der Waals surface area contributed by atoms with Gasteiger partial charge in [0.05, 0.1) is 0 Å². The molecule has 1 rings (SSSR count). The van der Waals surface area contributed by atoms with Gasteiger partial charge in [-0.3, -0.25) is 0 Å². The molecule has 0 radical (unpaired) electrons. The van der Waals surface area contributed by atoms with Crippen molar-refractivity contribution in [3.05, 3.63) is 24.8 Å². The van der Waals surface area contributed by atoms with E-state index in [2.05, 4.69) is 40.0 Å². The van der Waals surface area contributed by atoms with Gasteiger partial charge in [-0.15, -0.1) is 6.58 Å². The Balaban J connectivity index is 2.28. The van der Waals surface area contributed by atoms with E-state index in [1.54, 1.807) is 0 Å². The summed E-state index contributed by atoms with van der Waals surface area (Å²) in [5.74, 6) is 1.72. The van der Waals surface area contributed by atoms with Crippen LogP contribution in [0.2, 0.25) is 0 Å². The molecule has 0 heterocycles. The van der Waals surface area contributed by atoms with E-state index in [9.17, 15) is 0 Å². The van der Waals surface area contributed by atoms with E-state index in [1.807, 2.05) is 0 Å². The number of rotatable bonds is 7. The van der Waals surface area contributed by atoms with Crippen LogP contribution in [0.4, 0.5) is 0 Å². The van der Waals surface area contributed by atoms with Gasteiger partial charge < -0.3 is 0 Å². The fourth-order valence-corrected chi connectivity index (χ4v) is 2.32. The van der Waals surface area contributed by atoms with Gasteiger partial charge in [0.2, 0.25) is 0 Å². The Morgan fingerprint density at radius 2 is 2.13 bits per heavy atom. The van der Waals surface area contributed by atoms with E-state index < -0.39 is 0 Å². The fraction of sp³-hybridized carbons (Fsp3) is 0.733. The standard InChI is InChI=1S/C15H26/c1-6-8-9-12(3)14-10-13(14)11-15(4,5)7-2/h7,13-14H,2-3,6,8-11H2,1,4-5H3. The Labute approximate surface area is 95.5 Å². The molecule has 0 nitrogen and oxygen atoms in total. The number of unbranched alkanes of at least 4 members (excludes halogenated alkanes) is 1. The zero-order chi connectivity index (χ0) is 11.5. The van der Waals surface area contributed by atoms with E-state index in [-0.39, 0.29) is 0 Å². The molecule has 0 aliphatic heterocycles. The van der Waals surface area contributed by atoms with Crippen molar-refractivity contribution in [3.63, 3.8) is 0 Å². The van der Waals surface area contributed by atoms with Crippen LogP contribution < -0.4 is 0 Å². The average Bonchev–Trinajstić information content (AvgIpc) is 2.93. The molecule has 1 saturated carbocycles. The Kier molecular flexibility index (Phi) is 4.19. The van der Waals surface area contributed by atoms with Crippen molar-refractivity contribution in [3.8, 4) is 0 Å². The Morgan fingerprint density at radius 3 is 2.67 bits per heavy atom. The van der Waals surface area contributed by atoms with E-state index in [0.29, 0.717) is 5.41 Å². The maximum atomic E-state index is 4.23. The molecule has 86 valence electrons. The van der Waals surface area contributed by atoms with Gasteiger partial charge in [0.25, 0.3) is 0 Å². The Bertz CT molecular complexity index is 234. The van der Waals surface area contributed by atoms with Crippen molar-refractivity contribution >= 4 is 0 Å². The predicted octanol–water partition coefficient (Wildman–Crippen LogP) is 4.97. The molecule has 2 unspecified atom stereocenters. The van der Waals surface area contributed by atoms with Crippen LogP contribution in [0, 0.1) is 17.3 Å². The first-order chi connectivity index (χ1) is 7.00. The summed E-state index contributed by atoms with van der Waals surface area (Å²) in [4.78, 5) is 0. The summed E-state index contributed by atoms with van der Waals surface area (Å²) < 4.78 is 0. The molecule has 2 atom stereocenters. The second-order valence-electron chi connectivity index (χ2n) is 5.76. The first-order valence-electron chi connectivity index (χ1n) is 6.31. The van der Waals surface area contributed by atoms with Gasteiger partial charge in [-0.2, -0.15) is 0 Å². The Hall–Kier alpha value is -0.520. The summed E-state index contributed by atoms with van der Waals surface area (Å²) in [6, 6.07) is 0. The van der Waals surface area contributed by atoms with Crippen LogP contribution in [-0.2, 0) is 0 Å². The molecular formula is C15H26. The van der Waals surface area contributed by atoms with E-state index in [0.717, 1.165) is 11.8 Å². The first-order valence-corrected chi connectivity index (χ1v) is 6.31. The third-order valence-corrected chi connectivity index (χ3v) is 3.64. The summed E-state index contributed by atoms with van der Waals surface area (Å²) in [6.45, 7) is 15.0. The zero-order valence-electron chi connectivity index (χ0n) is 10.7. The third kappa shape index (κ3) is 3.85. The van der Waals surface area contributed by atoms with Crippen molar-refractivity contribution < 1.29 is 0 Å². The molecule has 0 aromatic heterocycles. The van der Waals surface area contributed by atoms with Gasteiger partial charge in [-0.1, -0.05) is 45.4 Å². The van der Waals surface area contributed by atoms with Gasteiger partial charge in [-0.05, 0) is 42.9 Å². The molecular weight excluding hydrogens is 180 g/mol. The van der Waals surface area contributed by atoms with Crippen molar-refractivity contribution in [1.29, 1.82) is 0 Å². The summed E-state index contributed by atoms with van der Waals surface area (Å²) in [7, 11) is 0. The minimum atomic E-state index is 0.310. The number of hydrogen-bond donors (Lipinski definition) is 0. The quantitative estimate of drug-likeness (QED) is 0.516. The minimum absolute atomic E-state index is 0.310. The monoisotopic (exact) mass is 206 g/mol. The summed E-state index contributed by atoms with van der Waals surface area (Å²) >= 11 is 0. The van der Waals surface area contributed by atoms with Crippen LogP contribution in [0.5, 0.6) is 0 Å². The SMILES string of the molecule is C=CC(C)(C)CC1CC1C(=C)CCCC. The van der Waals surface area contributed by atoms with Crippen LogP contribution in [0.3, 0.4) is 0 Å². The molecule has 0 spiro atoms. The summed E-state index contributed by atoms with van der Waals surface area (Å²) in [6.07, 6.45) is 8.59. The zero-order valence-corrected chi connectivity index (χ0v) is 10.7. The molecule has 15 heavy (non-hydrogen) atoms. The maximum Gasteiger partial charge on any atom is -0.0174 e. The van der Waals surface area contributed by atoms with Crippen LogP contribution in [0.1, 0.15) is 52.9 Å². The Morgan fingerprint density at radius 1 is 1.47 bits per heavy atom. The predicted molar refractivity (Wildman–Crippen MR) is 68.9 cm³/mol. The van der Waals surface area contributed by atoms with Gasteiger partial charge in [0.1, 0.15) is 0 Å². The van der Waals surface area contributed by atoms with E-state index >= 15 is 0 Å². The van der Waals surface area contributed by atoms with Gasteiger partial charge in [0.15, 0.2) is 0 Å². The molecule has 0 heteroatoms. The fourth-order valence-electron chi connectivity index (χ4n) is 2.32. The van der Waals surface area contributed by atoms with Crippen LogP contribution >= 0.6 is 0 Å². The molecule has 0 saturated heterocycles. The van der Waals surface area contributed by atoms with Crippen molar-refractivity contribution in [2.75, 3.05) is 0 Å². The van der Waals surface area contributed by atoms with Gasteiger partial charge in [-0.25, -0.2) is 0 Å². The molecule has 1 aliphatic rings. The van der Waals surface area contributed by atoms with Crippen molar-refractivity contribution in [2.24, 2.45) is 17.3 Å². The largest absolute Gasteiger partial charge is 0.103 e. The highest BCUT2D eigenvalue weighted by atomic mass is 14.4. The number of allylic oxidation sites excluding steroid dienone is 2. The van der Waals surface area contributed by atoms with Crippen molar-refractivity contribution in [2.45, 2.75) is 52.9 Å². The lowest BCUT2D eigenvalue weighted by Crippen LogP contribution is -2.08. The van der Waals surface area contributed by atoms with Gasteiger partial charge in [0, 0.05) is 0 Å². The molecule has 0 amide bonds. The average molecular weight is 206 g/mol. The second kappa shape index (κ2) is 5.01. The summed E-state index contributed by atoms with van der Waals surface area (Å²) in [5.41, 5.74) is 1.81. The third-order valence-electron chi connectivity index (χ3n) is 3.64. The smallest absolute Gasteiger partial charge is 0.0174 e. The highest BCUT2D eigenvalue weighted by Gasteiger charge is 2.40. The first kappa shape index (κ1) is 12.5. The molecule has 0 bridgehead atoms. The van der Waals surface area contributed by atoms with E-state index in [1.165, 1.54) is 37.7 Å². The molecule has 1 fully saturated rings. The molecule has 1 aliphatic carbocycles. The normalized spacial score (nSPS) is 25.0. The van der Waals surface area contributed by atoms with Crippen LogP contribution in [0.15, 0.2) is 24.8 Å². The highest BCUT2D eigenvalue weighted by molar-refractivity contribution is 5.13. The lowest BCUT2D eigenvalue weighted by molar-refractivity contribution is 0.400. The molecule has 0 N–H and O–H groups in total. The van der Waals surface area contributed by atoms with E-state index in [4.69, 9.17) is 0 Å². The molecule has 0 aromatic carbocycles. The highest BCUT2D eigenvalue weighted by Crippen LogP contribution is 2.50. The molecule has 0 aromatic rings. The lowest BCUT2D eigenvalue weighted by atomic mass is 9.86. The van der Waals surface area contributed by atoms with Gasteiger partial charge >= 0.3 is 0 Å². The lowest BCUT2D eigenvalue weighted by Gasteiger charge is -2.19. The summed E-state index contributed by atoms with van der Waals surface area (Å²) in [5, 5.41) is 0. The van der Waals surface area contributed by atoms with Crippen molar-refractivity contribution in [1.82, 2.24) is 0 Å². The van der Waals surface area contributed by atoms with Crippen LogP contribution in [0.25, 0.3) is 0 Å². The number of hydrogen-bond acceptors (Lipinski definition) is 0. The van der Waals surface area contributed by atoms with Crippen LogP contribution in [-0.4, -0.2) is 0 Å².